The predicted octanol–water partition coefficient (Wildman–Crippen LogP) is 2.75. The molecule has 0 aromatic heterocycles. The molecule has 0 saturated carbocycles. The zero-order chi connectivity index (χ0) is 12.2. The van der Waals surface area contributed by atoms with E-state index in [0.29, 0.717) is 0 Å². The molecule has 1 aromatic carbocycles. The van der Waals surface area contributed by atoms with Gasteiger partial charge < -0.3 is 5.32 Å². The Morgan fingerprint density at radius 3 is 2.44 bits per heavy atom. The molecular weight excluding hydrogens is 222 g/mol. The van der Waals surface area contributed by atoms with Gasteiger partial charge in [0.2, 0.25) is 5.91 Å². The first-order chi connectivity index (χ1) is 7.41. The van der Waals surface area contributed by atoms with Gasteiger partial charge in [-0.1, -0.05) is 30.3 Å². The SMILES string of the molecule is CC(Cl)C(=O)NC(C)(C)Cc1ccccc1. The summed E-state index contributed by atoms with van der Waals surface area (Å²) in [5.74, 6) is -0.123. The number of halogens is 1. The van der Waals surface area contributed by atoms with Crippen LogP contribution in [0.25, 0.3) is 0 Å². The molecule has 16 heavy (non-hydrogen) atoms. The van der Waals surface area contributed by atoms with E-state index in [0.717, 1.165) is 6.42 Å². The molecule has 3 heteroatoms. The summed E-state index contributed by atoms with van der Waals surface area (Å²) in [7, 11) is 0. The number of hydrogen-bond acceptors (Lipinski definition) is 1. The van der Waals surface area contributed by atoms with Crippen molar-refractivity contribution < 1.29 is 4.79 Å². The van der Waals surface area contributed by atoms with Gasteiger partial charge in [0.05, 0.1) is 0 Å². The Morgan fingerprint density at radius 2 is 1.94 bits per heavy atom. The summed E-state index contributed by atoms with van der Waals surface area (Å²) in [5.41, 5.74) is 0.928. The van der Waals surface area contributed by atoms with Crippen molar-refractivity contribution in [3.63, 3.8) is 0 Å². The summed E-state index contributed by atoms with van der Waals surface area (Å²) < 4.78 is 0. The Hall–Kier alpha value is -1.02. The zero-order valence-corrected chi connectivity index (χ0v) is 10.7. The largest absolute Gasteiger partial charge is 0.350 e. The van der Waals surface area contributed by atoms with Crippen LogP contribution in [0.1, 0.15) is 26.3 Å². The maximum atomic E-state index is 11.5. The molecule has 0 saturated heterocycles. The van der Waals surface area contributed by atoms with Gasteiger partial charge in [0.15, 0.2) is 0 Å². The quantitative estimate of drug-likeness (QED) is 0.805. The summed E-state index contributed by atoms with van der Waals surface area (Å²) in [5, 5.41) is 2.44. The van der Waals surface area contributed by atoms with Crippen LogP contribution in [-0.2, 0) is 11.2 Å². The van der Waals surface area contributed by atoms with Gasteiger partial charge in [-0.2, -0.15) is 0 Å². The predicted molar refractivity (Wildman–Crippen MR) is 67.7 cm³/mol. The van der Waals surface area contributed by atoms with Gasteiger partial charge in [-0.3, -0.25) is 4.79 Å². The van der Waals surface area contributed by atoms with E-state index in [2.05, 4.69) is 17.4 Å². The highest BCUT2D eigenvalue weighted by atomic mass is 35.5. The minimum atomic E-state index is -0.491. The number of carbonyl (C=O) groups excluding carboxylic acids is 1. The van der Waals surface area contributed by atoms with Gasteiger partial charge in [-0.15, -0.1) is 11.6 Å². The van der Waals surface area contributed by atoms with Gasteiger partial charge in [0, 0.05) is 5.54 Å². The average Bonchev–Trinajstić information content (AvgIpc) is 2.17. The Kier molecular flexibility index (Phi) is 4.36. The van der Waals surface area contributed by atoms with Crippen LogP contribution < -0.4 is 5.32 Å². The molecule has 88 valence electrons. The standard InChI is InChI=1S/C13H18ClNO/c1-10(14)12(16)15-13(2,3)9-11-7-5-4-6-8-11/h4-8,10H,9H2,1-3H3,(H,15,16). The monoisotopic (exact) mass is 239 g/mol. The van der Waals surface area contributed by atoms with Crippen molar-refractivity contribution in [2.45, 2.75) is 38.1 Å². The highest BCUT2D eigenvalue weighted by Crippen LogP contribution is 2.13. The minimum absolute atomic E-state index is 0.123. The van der Waals surface area contributed by atoms with Crippen LogP contribution in [0, 0.1) is 0 Å². The fourth-order valence-corrected chi connectivity index (χ4v) is 1.64. The third kappa shape index (κ3) is 4.23. The van der Waals surface area contributed by atoms with Crippen LogP contribution in [0.15, 0.2) is 30.3 Å². The minimum Gasteiger partial charge on any atom is -0.350 e. The number of alkyl halides is 1. The third-order valence-corrected chi connectivity index (χ3v) is 2.51. The molecular formula is C13H18ClNO. The number of nitrogens with one attached hydrogen (secondary N) is 1. The first-order valence-electron chi connectivity index (χ1n) is 5.41. The maximum absolute atomic E-state index is 11.5. The number of amides is 1. The second-order valence-corrected chi connectivity index (χ2v) is 5.31. The highest BCUT2D eigenvalue weighted by Gasteiger charge is 2.22. The topological polar surface area (TPSA) is 29.1 Å². The summed E-state index contributed by atoms with van der Waals surface area (Å²) in [4.78, 5) is 11.5. The summed E-state index contributed by atoms with van der Waals surface area (Å²) >= 11 is 5.73. The number of benzene rings is 1. The maximum Gasteiger partial charge on any atom is 0.238 e. The van der Waals surface area contributed by atoms with Crippen molar-refractivity contribution in [3.05, 3.63) is 35.9 Å². The van der Waals surface area contributed by atoms with Crippen molar-refractivity contribution in [2.24, 2.45) is 0 Å². The Balaban J connectivity index is 2.62. The molecule has 0 aliphatic heterocycles. The van der Waals surface area contributed by atoms with Crippen LogP contribution in [0.2, 0.25) is 0 Å². The van der Waals surface area contributed by atoms with Gasteiger partial charge in [-0.25, -0.2) is 0 Å². The van der Waals surface area contributed by atoms with Crippen molar-refractivity contribution in [1.82, 2.24) is 5.32 Å². The summed E-state index contributed by atoms with van der Waals surface area (Å²) in [6.07, 6.45) is 0.795. The van der Waals surface area contributed by atoms with Crippen LogP contribution in [0.4, 0.5) is 0 Å². The second kappa shape index (κ2) is 5.35. The Labute approximate surface area is 102 Å². The molecule has 0 aliphatic carbocycles. The van der Waals surface area contributed by atoms with Gasteiger partial charge >= 0.3 is 0 Å². The van der Waals surface area contributed by atoms with Crippen LogP contribution >= 0.6 is 11.6 Å². The average molecular weight is 240 g/mol. The van der Waals surface area contributed by atoms with Crippen molar-refractivity contribution in [1.29, 1.82) is 0 Å². The lowest BCUT2D eigenvalue weighted by Gasteiger charge is -2.27. The molecule has 0 fully saturated rings. The first-order valence-corrected chi connectivity index (χ1v) is 5.84. The van der Waals surface area contributed by atoms with E-state index < -0.39 is 5.38 Å². The molecule has 1 atom stereocenters. The molecule has 1 N–H and O–H groups in total. The van der Waals surface area contributed by atoms with Crippen LogP contribution in [-0.4, -0.2) is 16.8 Å². The Bertz CT molecular complexity index is 346. The highest BCUT2D eigenvalue weighted by molar-refractivity contribution is 6.30. The van der Waals surface area contributed by atoms with E-state index in [-0.39, 0.29) is 11.4 Å². The van der Waals surface area contributed by atoms with Crippen LogP contribution in [0.3, 0.4) is 0 Å². The van der Waals surface area contributed by atoms with E-state index in [1.165, 1.54) is 5.56 Å². The third-order valence-electron chi connectivity index (χ3n) is 2.31. The van der Waals surface area contributed by atoms with Gasteiger partial charge in [0.1, 0.15) is 5.38 Å². The molecule has 0 radical (unpaired) electrons. The molecule has 1 amide bonds. The number of hydrogen-bond donors (Lipinski definition) is 1. The van der Waals surface area contributed by atoms with E-state index in [4.69, 9.17) is 11.6 Å². The lowest BCUT2D eigenvalue weighted by molar-refractivity contribution is -0.122. The van der Waals surface area contributed by atoms with E-state index in [1.807, 2.05) is 32.0 Å². The molecule has 1 rings (SSSR count). The molecule has 1 aromatic rings. The Morgan fingerprint density at radius 1 is 1.38 bits per heavy atom. The smallest absolute Gasteiger partial charge is 0.238 e. The number of rotatable bonds is 4. The molecule has 0 bridgehead atoms. The molecule has 0 heterocycles. The molecule has 0 aliphatic rings. The lowest BCUT2D eigenvalue weighted by Crippen LogP contribution is -2.47. The van der Waals surface area contributed by atoms with Crippen LogP contribution in [0.5, 0.6) is 0 Å². The first kappa shape index (κ1) is 13.0. The second-order valence-electron chi connectivity index (χ2n) is 4.65. The van der Waals surface area contributed by atoms with Crippen molar-refractivity contribution in [3.8, 4) is 0 Å². The van der Waals surface area contributed by atoms with Crippen molar-refractivity contribution >= 4 is 17.5 Å². The molecule has 1 unspecified atom stereocenters. The lowest BCUT2D eigenvalue weighted by atomic mass is 9.95. The van der Waals surface area contributed by atoms with E-state index >= 15 is 0 Å². The van der Waals surface area contributed by atoms with E-state index in [9.17, 15) is 4.79 Å². The summed E-state index contributed by atoms with van der Waals surface area (Å²) in [6.45, 7) is 5.67. The van der Waals surface area contributed by atoms with Gasteiger partial charge in [-0.05, 0) is 32.8 Å². The van der Waals surface area contributed by atoms with E-state index in [1.54, 1.807) is 6.92 Å². The summed E-state index contributed by atoms with van der Waals surface area (Å²) in [6, 6.07) is 10.1. The fraction of sp³-hybridized carbons (Fsp3) is 0.462. The molecule has 2 nitrogen and oxygen atoms in total. The van der Waals surface area contributed by atoms with Crippen molar-refractivity contribution in [2.75, 3.05) is 0 Å². The number of carbonyl (C=O) groups is 1. The fourth-order valence-electron chi connectivity index (χ4n) is 1.58. The normalized spacial score (nSPS) is 13.2. The zero-order valence-electron chi connectivity index (χ0n) is 9.96. The molecule has 0 spiro atoms. The van der Waals surface area contributed by atoms with Gasteiger partial charge in [0.25, 0.3) is 0 Å².